The molecule has 0 aromatic carbocycles. The molecule has 0 aliphatic heterocycles. The minimum atomic E-state index is -0.328. The van der Waals surface area contributed by atoms with Gasteiger partial charge in [0.15, 0.2) is 11.6 Å². The fraction of sp³-hybridized carbons (Fsp3) is 0.467. The molecule has 0 saturated heterocycles. The first kappa shape index (κ1) is 15.6. The topological polar surface area (TPSA) is 34.1 Å². The van der Waals surface area contributed by atoms with Gasteiger partial charge in [0.05, 0.1) is 0 Å². The van der Waals surface area contributed by atoms with Crippen molar-refractivity contribution in [2.24, 2.45) is 5.41 Å². The molecule has 2 nitrogen and oxygen atoms in total. The van der Waals surface area contributed by atoms with Gasteiger partial charge >= 0.3 is 0 Å². The maximum Gasteiger partial charge on any atom is 0.186 e. The number of hydrogen-bond acceptors (Lipinski definition) is 2. The van der Waals surface area contributed by atoms with Crippen molar-refractivity contribution in [3.63, 3.8) is 0 Å². The molecule has 0 aromatic rings. The zero-order valence-corrected chi connectivity index (χ0v) is 11.7. The Hall–Kier alpha value is -1.44. The molecule has 0 heterocycles. The molecule has 0 amide bonds. The summed E-state index contributed by atoms with van der Waals surface area (Å²) < 4.78 is 0. The second kappa shape index (κ2) is 5.76. The van der Waals surface area contributed by atoms with E-state index < -0.39 is 0 Å². The highest BCUT2D eigenvalue weighted by molar-refractivity contribution is 6.22. The van der Waals surface area contributed by atoms with Crippen molar-refractivity contribution >= 4 is 11.6 Å². The first-order valence-electron chi connectivity index (χ1n) is 5.92. The van der Waals surface area contributed by atoms with Gasteiger partial charge < -0.3 is 0 Å². The summed E-state index contributed by atoms with van der Waals surface area (Å²) >= 11 is 0. The van der Waals surface area contributed by atoms with Gasteiger partial charge in [-0.3, -0.25) is 9.59 Å². The molecule has 0 radical (unpaired) electrons. The molecule has 0 bridgehead atoms. The molecule has 1 aliphatic carbocycles. The zero-order chi connectivity index (χ0) is 13.8. The van der Waals surface area contributed by atoms with Crippen molar-refractivity contribution in [1.82, 2.24) is 0 Å². The molecule has 0 fully saturated rings. The smallest absolute Gasteiger partial charge is 0.186 e. The average molecular weight is 234 g/mol. The van der Waals surface area contributed by atoms with E-state index in [0.29, 0.717) is 16.7 Å². The summed E-state index contributed by atoms with van der Waals surface area (Å²) in [5.41, 5.74) is 1.38. The summed E-state index contributed by atoms with van der Waals surface area (Å²) in [4.78, 5) is 23.4. The summed E-state index contributed by atoms with van der Waals surface area (Å²) in [6.07, 6.45) is 2.66. The number of allylic oxidation sites excluding steroid dienone is 5. The molecule has 0 aromatic heterocycles. The first-order valence-corrected chi connectivity index (χ1v) is 5.92. The van der Waals surface area contributed by atoms with E-state index in [2.05, 4.69) is 6.58 Å². The highest BCUT2D eigenvalue weighted by atomic mass is 16.1. The van der Waals surface area contributed by atoms with Gasteiger partial charge in [0.1, 0.15) is 0 Å². The van der Waals surface area contributed by atoms with Crippen LogP contribution in [0.1, 0.15) is 41.5 Å². The van der Waals surface area contributed by atoms with E-state index in [4.69, 9.17) is 0 Å². The van der Waals surface area contributed by atoms with Crippen molar-refractivity contribution in [2.45, 2.75) is 41.5 Å². The highest BCUT2D eigenvalue weighted by Gasteiger charge is 2.31. The van der Waals surface area contributed by atoms with E-state index in [1.807, 2.05) is 34.6 Å². The van der Waals surface area contributed by atoms with Crippen LogP contribution in [0.2, 0.25) is 0 Å². The van der Waals surface area contributed by atoms with E-state index in [1.165, 1.54) is 12.2 Å². The highest BCUT2D eigenvalue weighted by Crippen LogP contribution is 2.34. The molecule has 1 rings (SSSR count). The van der Waals surface area contributed by atoms with Gasteiger partial charge in [-0.15, -0.1) is 0 Å². The van der Waals surface area contributed by atoms with Crippen LogP contribution in [-0.2, 0) is 9.59 Å². The maximum atomic E-state index is 11.8. The summed E-state index contributed by atoms with van der Waals surface area (Å²) in [5, 5.41) is 0. The van der Waals surface area contributed by atoms with Gasteiger partial charge in [0.25, 0.3) is 0 Å². The fourth-order valence-corrected chi connectivity index (χ4v) is 1.73. The average Bonchev–Trinajstić information content (AvgIpc) is 2.22. The predicted octanol–water partition coefficient (Wildman–Crippen LogP) is 3.64. The number of rotatable bonds is 1. The van der Waals surface area contributed by atoms with Crippen molar-refractivity contribution in [3.8, 4) is 0 Å². The summed E-state index contributed by atoms with van der Waals surface area (Å²) in [6.45, 7) is 15.3. The van der Waals surface area contributed by atoms with E-state index in [9.17, 15) is 9.59 Å². The largest absolute Gasteiger partial charge is 0.290 e. The summed E-state index contributed by atoms with van der Waals surface area (Å²) in [6, 6.07) is 0. The van der Waals surface area contributed by atoms with Crippen LogP contribution >= 0.6 is 0 Å². The van der Waals surface area contributed by atoms with E-state index in [-0.39, 0.29) is 17.0 Å². The molecule has 17 heavy (non-hydrogen) atoms. The number of hydrogen-bond donors (Lipinski definition) is 0. The van der Waals surface area contributed by atoms with Crippen LogP contribution in [0.4, 0.5) is 0 Å². The fourth-order valence-electron chi connectivity index (χ4n) is 1.73. The number of ketones is 2. The lowest BCUT2D eigenvalue weighted by atomic mass is 9.76. The lowest BCUT2D eigenvalue weighted by molar-refractivity contribution is -0.115. The summed E-state index contributed by atoms with van der Waals surface area (Å²) in [7, 11) is 0. The second-order valence-corrected chi connectivity index (χ2v) is 4.84. The van der Waals surface area contributed by atoms with Crippen LogP contribution in [-0.4, -0.2) is 11.6 Å². The van der Waals surface area contributed by atoms with Crippen LogP contribution in [0, 0.1) is 5.41 Å². The molecule has 94 valence electrons. The van der Waals surface area contributed by atoms with Crippen LogP contribution in [0.5, 0.6) is 0 Å². The quantitative estimate of drug-likeness (QED) is 0.649. The van der Waals surface area contributed by atoms with Crippen LogP contribution < -0.4 is 0 Å². The van der Waals surface area contributed by atoms with Crippen molar-refractivity contribution in [3.05, 3.63) is 35.5 Å². The number of carbonyl (C=O) groups excluding carboxylic acids is 2. The third kappa shape index (κ3) is 3.52. The normalized spacial score (nSPS) is 15.6. The summed E-state index contributed by atoms with van der Waals surface area (Å²) in [5.74, 6) is -0.202. The molecule has 0 atom stereocenters. The molecule has 1 aliphatic rings. The molecular weight excluding hydrogens is 212 g/mol. The Morgan fingerprint density at radius 3 is 1.76 bits per heavy atom. The Morgan fingerprint density at radius 2 is 1.47 bits per heavy atom. The van der Waals surface area contributed by atoms with Crippen molar-refractivity contribution < 1.29 is 9.59 Å². The molecule has 2 heteroatoms. The zero-order valence-electron chi connectivity index (χ0n) is 11.7. The Bertz CT molecular complexity index is 401. The SMILES string of the molecule is C=C(C)C1=C(C(C)(C)C)C(=O)C=CC1=O.CC. The van der Waals surface area contributed by atoms with E-state index >= 15 is 0 Å². The van der Waals surface area contributed by atoms with Crippen LogP contribution in [0.25, 0.3) is 0 Å². The predicted molar refractivity (Wildman–Crippen MR) is 71.8 cm³/mol. The Kier molecular flexibility index (Phi) is 5.27. The Morgan fingerprint density at radius 1 is 1.06 bits per heavy atom. The molecular formula is C15H22O2. The van der Waals surface area contributed by atoms with Gasteiger partial charge in [0.2, 0.25) is 0 Å². The van der Waals surface area contributed by atoms with E-state index in [1.54, 1.807) is 6.92 Å². The van der Waals surface area contributed by atoms with Gasteiger partial charge in [-0.25, -0.2) is 0 Å². The molecule has 0 spiro atoms. The van der Waals surface area contributed by atoms with Crippen LogP contribution in [0.3, 0.4) is 0 Å². The third-order valence-electron chi connectivity index (χ3n) is 2.31. The molecule has 0 unspecified atom stereocenters. The molecule has 0 saturated carbocycles. The number of carbonyl (C=O) groups is 2. The van der Waals surface area contributed by atoms with Gasteiger partial charge in [-0.2, -0.15) is 0 Å². The monoisotopic (exact) mass is 234 g/mol. The van der Waals surface area contributed by atoms with Crippen molar-refractivity contribution in [2.75, 3.05) is 0 Å². The Labute approximate surface area is 104 Å². The minimum absolute atomic E-state index is 0.0832. The van der Waals surface area contributed by atoms with Gasteiger partial charge in [-0.1, -0.05) is 41.2 Å². The van der Waals surface area contributed by atoms with Gasteiger partial charge in [0, 0.05) is 11.1 Å². The third-order valence-corrected chi connectivity index (χ3v) is 2.31. The lowest BCUT2D eigenvalue weighted by Crippen LogP contribution is -2.24. The standard InChI is InChI=1S/C13H16O2.C2H6/c1-8(2)11-9(14)6-7-10(15)12(11)13(3,4)5;1-2/h6-7H,1H2,2-5H3;1-2H3. The minimum Gasteiger partial charge on any atom is -0.290 e. The van der Waals surface area contributed by atoms with Crippen LogP contribution in [0.15, 0.2) is 35.5 Å². The van der Waals surface area contributed by atoms with Crippen molar-refractivity contribution in [1.29, 1.82) is 0 Å². The maximum absolute atomic E-state index is 11.8. The lowest BCUT2D eigenvalue weighted by Gasteiger charge is -2.26. The van der Waals surface area contributed by atoms with E-state index in [0.717, 1.165) is 0 Å². The second-order valence-electron chi connectivity index (χ2n) is 4.84. The first-order chi connectivity index (χ1) is 7.75. The molecule has 0 N–H and O–H groups in total. The Balaban J connectivity index is 0.00000121. The van der Waals surface area contributed by atoms with Gasteiger partial charge in [-0.05, 0) is 30.1 Å².